The number of rotatable bonds is 12. The largest absolute Gasteiger partial charge is 0.374 e. The fourth-order valence-electron chi connectivity index (χ4n) is 6.36. The zero-order valence-electron chi connectivity index (χ0n) is 26.9. The summed E-state index contributed by atoms with van der Waals surface area (Å²) in [5.74, 6) is 0. The third-order valence-electron chi connectivity index (χ3n) is 8.66. The van der Waals surface area contributed by atoms with E-state index in [2.05, 4.69) is 46.9 Å². The molecular formula is C43H32ClN3O2S. The van der Waals surface area contributed by atoms with E-state index in [1.807, 2.05) is 146 Å². The molecule has 0 saturated carbocycles. The SMILES string of the molecule is O=C(Cl)C(=NOC(c1ccccc1)(c1ccccc1)c1ccccc1)c1csc(NC(c2ccccc2)(c2ccccc2)c2ccccc2)n1. The van der Waals surface area contributed by atoms with Crippen molar-refractivity contribution in [3.8, 4) is 0 Å². The molecule has 0 aliphatic carbocycles. The Morgan fingerprint density at radius 3 is 1.24 bits per heavy atom. The van der Waals surface area contributed by atoms with E-state index in [4.69, 9.17) is 21.4 Å². The van der Waals surface area contributed by atoms with E-state index in [0.29, 0.717) is 10.8 Å². The number of nitrogens with zero attached hydrogens (tertiary/aromatic N) is 2. The molecule has 1 aromatic heterocycles. The van der Waals surface area contributed by atoms with Gasteiger partial charge in [0.25, 0.3) is 5.24 Å². The van der Waals surface area contributed by atoms with E-state index >= 15 is 0 Å². The fraction of sp³-hybridized carbons (Fsp3) is 0.0465. The lowest BCUT2D eigenvalue weighted by atomic mass is 9.77. The molecule has 7 rings (SSSR count). The number of anilines is 1. The Labute approximate surface area is 300 Å². The van der Waals surface area contributed by atoms with Gasteiger partial charge < -0.3 is 10.2 Å². The molecular weight excluding hydrogens is 658 g/mol. The van der Waals surface area contributed by atoms with Gasteiger partial charge in [-0.05, 0) is 28.3 Å². The van der Waals surface area contributed by atoms with Gasteiger partial charge in [-0.1, -0.05) is 187 Å². The predicted octanol–water partition coefficient (Wildman–Crippen LogP) is 10.0. The Hall–Kier alpha value is -5.82. The number of benzene rings is 6. The number of hydrogen-bond donors (Lipinski definition) is 1. The zero-order chi connectivity index (χ0) is 34.2. The van der Waals surface area contributed by atoms with Crippen molar-refractivity contribution in [2.24, 2.45) is 5.16 Å². The molecule has 50 heavy (non-hydrogen) atoms. The Morgan fingerprint density at radius 1 is 0.560 bits per heavy atom. The number of thiazole rings is 1. The van der Waals surface area contributed by atoms with Gasteiger partial charge in [0.05, 0.1) is 0 Å². The first-order chi connectivity index (χ1) is 24.6. The lowest BCUT2D eigenvalue weighted by molar-refractivity contribution is -0.106. The van der Waals surface area contributed by atoms with Crippen LogP contribution in [0.3, 0.4) is 0 Å². The van der Waals surface area contributed by atoms with E-state index in [-0.39, 0.29) is 5.71 Å². The molecule has 1 N–H and O–H groups in total. The average molecular weight is 690 g/mol. The van der Waals surface area contributed by atoms with Gasteiger partial charge in [0.15, 0.2) is 10.8 Å². The number of carbonyl (C=O) groups excluding carboxylic acids is 1. The second-order valence-corrected chi connectivity index (χ2v) is 12.8. The average Bonchev–Trinajstić information content (AvgIpc) is 3.65. The maximum absolute atomic E-state index is 13.1. The third kappa shape index (κ3) is 6.34. The lowest BCUT2D eigenvalue weighted by Crippen LogP contribution is -2.38. The third-order valence-corrected chi connectivity index (χ3v) is 9.60. The van der Waals surface area contributed by atoms with Gasteiger partial charge in [0.1, 0.15) is 11.2 Å². The number of carbonyl (C=O) groups is 1. The van der Waals surface area contributed by atoms with E-state index in [1.54, 1.807) is 5.38 Å². The number of oxime groups is 1. The molecule has 7 aromatic rings. The molecule has 0 saturated heterocycles. The second kappa shape index (κ2) is 14.7. The molecule has 244 valence electrons. The number of halogens is 1. The van der Waals surface area contributed by atoms with Crippen LogP contribution in [0.2, 0.25) is 0 Å². The van der Waals surface area contributed by atoms with Crippen molar-refractivity contribution < 1.29 is 9.63 Å². The van der Waals surface area contributed by atoms with E-state index in [1.165, 1.54) is 11.3 Å². The van der Waals surface area contributed by atoms with Crippen molar-refractivity contribution in [1.29, 1.82) is 0 Å². The van der Waals surface area contributed by atoms with Gasteiger partial charge in [-0.15, -0.1) is 11.3 Å². The van der Waals surface area contributed by atoms with Crippen LogP contribution in [0, 0.1) is 0 Å². The molecule has 6 aromatic carbocycles. The normalized spacial score (nSPS) is 11.9. The van der Waals surface area contributed by atoms with E-state index < -0.39 is 16.4 Å². The molecule has 0 radical (unpaired) electrons. The summed E-state index contributed by atoms with van der Waals surface area (Å²) in [4.78, 5) is 24.6. The number of aromatic nitrogens is 1. The Bertz CT molecular complexity index is 1990. The molecule has 0 aliphatic heterocycles. The number of nitrogens with one attached hydrogen (secondary N) is 1. The predicted molar refractivity (Wildman–Crippen MR) is 203 cm³/mol. The van der Waals surface area contributed by atoms with Crippen LogP contribution in [-0.4, -0.2) is 15.9 Å². The maximum atomic E-state index is 13.1. The van der Waals surface area contributed by atoms with E-state index in [0.717, 1.165) is 33.4 Å². The standard InChI is InChI=1S/C43H32ClN3O2S/c44-40(48)39(47-49-43(35-25-13-4-14-26-35,36-27-15-5-16-28-36)37-29-17-6-18-30-37)38-31-50-41(45-38)46-42(32-19-7-1-8-20-32,33-21-9-2-10-22-33)34-23-11-3-12-24-34/h1-31H,(H,45,46). The first kappa shape index (κ1) is 32.7. The molecule has 0 amide bonds. The summed E-state index contributed by atoms with van der Waals surface area (Å²) in [6.07, 6.45) is 0. The minimum atomic E-state index is -1.19. The second-order valence-electron chi connectivity index (χ2n) is 11.6. The van der Waals surface area contributed by atoms with Crippen LogP contribution in [0.4, 0.5) is 5.13 Å². The molecule has 0 fully saturated rings. The summed E-state index contributed by atoms with van der Waals surface area (Å²) in [6, 6.07) is 60.2. The molecule has 0 aliphatic rings. The topological polar surface area (TPSA) is 63.6 Å². The minimum Gasteiger partial charge on any atom is -0.374 e. The summed E-state index contributed by atoms with van der Waals surface area (Å²) in [5, 5.41) is 9.85. The molecule has 1 heterocycles. The Balaban J connectivity index is 1.34. The van der Waals surface area contributed by atoms with Gasteiger partial charge in [-0.25, -0.2) is 4.98 Å². The van der Waals surface area contributed by atoms with Crippen LogP contribution in [-0.2, 0) is 20.8 Å². The van der Waals surface area contributed by atoms with Gasteiger partial charge in [-0.2, -0.15) is 0 Å². The smallest absolute Gasteiger partial charge is 0.276 e. The molecule has 7 heteroatoms. The Morgan fingerprint density at radius 2 is 0.900 bits per heavy atom. The van der Waals surface area contributed by atoms with Gasteiger partial charge in [-0.3, -0.25) is 4.79 Å². The van der Waals surface area contributed by atoms with Gasteiger partial charge in [0.2, 0.25) is 5.60 Å². The summed E-state index contributed by atoms with van der Waals surface area (Å²) >= 11 is 7.63. The van der Waals surface area contributed by atoms with Crippen LogP contribution in [0.5, 0.6) is 0 Å². The monoisotopic (exact) mass is 689 g/mol. The zero-order valence-corrected chi connectivity index (χ0v) is 28.5. The van der Waals surface area contributed by atoms with Gasteiger partial charge in [0, 0.05) is 22.1 Å². The summed E-state index contributed by atoms with van der Waals surface area (Å²) in [7, 11) is 0. The fourth-order valence-corrected chi connectivity index (χ4v) is 7.24. The van der Waals surface area contributed by atoms with Crippen LogP contribution < -0.4 is 5.32 Å². The summed E-state index contributed by atoms with van der Waals surface area (Å²) in [6.45, 7) is 0. The highest BCUT2D eigenvalue weighted by Gasteiger charge is 2.41. The maximum Gasteiger partial charge on any atom is 0.276 e. The van der Waals surface area contributed by atoms with Crippen molar-refractivity contribution in [2.75, 3.05) is 5.32 Å². The van der Waals surface area contributed by atoms with Crippen LogP contribution in [0.15, 0.2) is 193 Å². The van der Waals surface area contributed by atoms with Crippen molar-refractivity contribution >= 4 is 39.0 Å². The van der Waals surface area contributed by atoms with E-state index in [9.17, 15) is 4.79 Å². The Kier molecular flexibility index (Phi) is 9.65. The summed E-state index contributed by atoms with van der Waals surface area (Å²) < 4.78 is 0. The first-order valence-electron chi connectivity index (χ1n) is 16.1. The quantitative estimate of drug-likeness (QED) is 0.0600. The van der Waals surface area contributed by atoms with Crippen LogP contribution in [0.25, 0.3) is 0 Å². The van der Waals surface area contributed by atoms with Crippen LogP contribution >= 0.6 is 22.9 Å². The van der Waals surface area contributed by atoms with Crippen LogP contribution in [0.1, 0.15) is 39.1 Å². The number of hydrogen-bond acceptors (Lipinski definition) is 6. The minimum absolute atomic E-state index is 0.104. The first-order valence-corrected chi connectivity index (χ1v) is 17.4. The van der Waals surface area contributed by atoms with Gasteiger partial charge >= 0.3 is 0 Å². The van der Waals surface area contributed by atoms with Crippen molar-refractivity contribution in [1.82, 2.24) is 4.98 Å². The highest BCUT2D eigenvalue weighted by Crippen LogP contribution is 2.42. The molecule has 5 nitrogen and oxygen atoms in total. The highest BCUT2D eigenvalue weighted by atomic mass is 35.5. The molecule has 0 unspecified atom stereocenters. The summed E-state index contributed by atoms with van der Waals surface area (Å²) in [5.41, 5.74) is 3.78. The van der Waals surface area contributed by atoms with Crippen molar-refractivity contribution in [3.05, 3.63) is 226 Å². The molecule has 0 spiro atoms. The van der Waals surface area contributed by atoms with Crippen molar-refractivity contribution in [2.45, 2.75) is 11.1 Å². The lowest BCUT2D eigenvalue weighted by Gasteiger charge is -2.36. The van der Waals surface area contributed by atoms with Crippen molar-refractivity contribution in [3.63, 3.8) is 0 Å². The molecule has 0 bridgehead atoms. The molecule has 0 atom stereocenters. The highest BCUT2D eigenvalue weighted by molar-refractivity contribution is 7.14.